The number of allylic oxidation sites excluding steroid dienone is 1. The third-order valence-electron chi connectivity index (χ3n) is 4.37. The summed E-state index contributed by atoms with van der Waals surface area (Å²) >= 11 is 0. The van der Waals surface area contributed by atoms with E-state index >= 15 is 0 Å². The molecule has 1 saturated heterocycles. The minimum absolute atomic E-state index is 0.0440. The number of amides is 2. The fraction of sp³-hybridized carbons (Fsp3) is 0.571. The first kappa shape index (κ1) is 12.3. The lowest BCUT2D eigenvalue weighted by Crippen LogP contribution is -2.39. The van der Waals surface area contributed by atoms with Gasteiger partial charge in [0.05, 0.1) is 6.04 Å². The number of hydrogen-bond acceptors (Lipinski definition) is 3. The Morgan fingerprint density at radius 1 is 1.53 bits per heavy atom. The Morgan fingerprint density at radius 2 is 2.26 bits per heavy atom. The van der Waals surface area contributed by atoms with Crippen LogP contribution in [-0.2, 0) is 4.79 Å². The molecule has 2 fully saturated rings. The van der Waals surface area contributed by atoms with Crippen molar-refractivity contribution in [3.8, 4) is 0 Å². The summed E-state index contributed by atoms with van der Waals surface area (Å²) in [5.41, 5.74) is 1.82. The van der Waals surface area contributed by atoms with Crippen LogP contribution < -0.4 is 0 Å². The minimum Gasteiger partial charge on any atom is -0.465 e. The smallest absolute Gasteiger partial charge is 0.414 e. The van der Waals surface area contributed by atoms with Gasteiger partial charge in [-0.3, -0.25) is 4.79 Å². The standard InChI is InChI=1S/C14H18N2O3/c1-15(2)7-11-10-6-8-4-3-5-9(8)12(10)16(13(11)17)14(18)19/h5,7-8,10,12H,3-4,6H2,1-2H3,(H,18,19)/t8-,10+,12+/m0/s1. The van der Waals surface area contributed by atoms with Crippen LogP contribution >= 0.6 is 0 Å². The predicted octanol–water partition coefficient (Wildman–Crippen LogP) is 1.68. The third kappa shape index (κ3) is 1.68. The van der Waals surface area contributed by atoms with Crippen LogP contribution in [0.5, 0.6) is 0 Å². The van der Waals surface area contributed by atoms with Crippen LogP contribution in [0.4, 0.5) is 4.79 Å². The van der Waals surface area contributed by atoms with Gasteiger partial charge in [0.15, 0.2) is 0 Å². The summed E-state index contributed by atoms with van der Waals surface area (Å²) in [6.07, 6.45) is 5.81. The number of carbonyl (C=O) groups is 2. The predicted molar refractivity (Wildman–Crippen MR) is 69.3 cm³/mol. The lowest BCUT2D eigenvalue weighted by atomic mass is 9.96. The molecule has 0 aromatic heterocycles. The van der Waals surface area contributed by atoms with Crippen LogP contribution in [-0.4, -0.2) is 47.0 Å². The number of likely N-dealkylation sites (tertiary alicyclic amines) is 1. The summed E-state index contributed by atoms with van der Waals surface area (Å²) in [5.74, 6) is 0.167. The fourth-order valence-electron chi connectivity index (χ4n) is 3.75. The maximum absolute atomic E-state index is 12.3. The fourth-order valence-corrected chi connectivity index (χ4v) is 3.75. The number of fused-ring (bicyclic) bond motifs is 3. The van der Waals surface area contributed by atoms with Crippen LogP contribution in [0, 0.1) is 11.8 Å². The van der Waals surface area contributed by atoms with Crippen molar-refractivity contribution in [2.75, 3.05) is 14.1 Å². The van der Waals surface area contributed by atoms with Crippen molar-refractivity contribution >= 4 is 12.0 Å². The second-order valence-corrected chi connectivity index (χ2v) is 5.77. The van der Waals surface area contributed by atoms with Gasteiger partial charge in [-0.25, -0.2) is 9.69 Å². The zero-order chi connectivity index (χ0) is 13.7. The number of carboxylic acid groups (broad SMARTS) is 1. The quantitative estimate of drug-likeness (QED) is 0.577. The van der Waals surface area contributed by atoms with Crippen molar-refractivity contribution in [2.45, 2.75) is 25.3 Å². The molecule has 2 amide bonds. The first-order valence-corrected chi connectivity index (χ1v) is 6.65. The van der Waals surface area contributed by atoms with Crippen molar-refractivity contribution in [3.63, 3.8) is 0 Å². The zero-order valence-corrected chi connectivity index (χ0v) is 11.2. The van der Waals surface area contributed by atoms with Gasteiger partial charge in [0.2, 0.25) is 0 Å². The highest BCUT2D eigenvalue weighted by molar-refractivity contribution is 6.06. The average Bonchev–Trinajstić information content (AvgIpc) is 2.92. The SMILES string of the molecule is CN(C)C=C1C(=O)N(C(=O)O)[C@@H]2C3=CCC[C@H]3C[C@H]12. The van der Waals surface area contributed by atoms with Gasteiger partial charge >= 0.3 is 6.09 Å². The lowest BCUT2D eigenvalue weighted by molar-refractivity contribution is -0.123. The van der Waals surface area contributed by atoms with E-state index in [9.17, 15) is 14.7 Å². The highest BCUT2D eigenvalue weighted by Gasteiger charge is 2.55. The molecule has 5 heteroatoms. The zero-order valence-electron chi connectivity index (χ0n) is 11.2. The number of nitrogens with zero attached hydrogens (tertiary/aromatic N) is 2. The summed E-state index contributed by atoms with van der Waals surface area (Å²) < 4.78 is 0. The van der Waals surface area contributed by atoms with Crippen LogP contribution in [0.2, 0.25) is 0 Å². The van der Waals surface area contributed by atoms with E-state index in [4.69, 9.17) is 0 Å². The molecule has 0 spiro atoms. The van der Waals surface area contributed by atoms with E-state index in [0.717, 1.165) is 24.2 Å². The van der Waals surface area contributed by atoms with Gasteiger partial charge in [0.1, 0.15) is 0 Å². The van der Waals surface area contributed by atoms with E-state index in [1.807, 2.05) is 19.0 Å². The van der Waals surface area contributed by atoms with E-state index in [0.29, 0.717) is 11.5 Å². The van der Waals surface area contributed by atoms with Crippen molar-refractivity contribution in [1.82, 2.24) is 9.80 Å². The molecule has 1 N–H and O–H groups in total. The molecule has 102 valence electrons. The molecule has 0 radical (unpaired) electrons. The summed E-state index contributed by atoms with van der Waals surface area (Å²) in [4.78, 5) is 26.6. The number of hydrogen-bond donors (Lipinski definition) is 1. The number of rotatable bonds is 1. The molecule has 0 aromatic carbocycles. The monoisotopic (exact) mass is 262 g/mol. The molecular formula is C14H18N2O3. The summed E-state index contributed by atoms with van der Waals surface area (Å²) in [5, 5.41) is 9.34. The summed E-state index contributed by atoms with van der Waals surface area (Å²) in [6.45, 7) is 0. The highest BCUT2D eigenvalue weighted by atomic mass is 16.4. The van der Waals surface area contributed by atoms with E-state index in [1.54, 1.807) is 6.20 Å². The van der Waals surface area contributed by atoms with Gasteiger partial charge in [-0.15, -0.1) is 0 Å². The molecule has 3 aliphatic rings. The Morgan fingerprint density at radius 3 is 2.89 bits per heavy atom. The van der Waals surface area contributed by atoms with E-state index in [1.165, 1.54) is 5.57 Å². The van der Waals surface area contributed by atoms with Gasteiger partial charge in [-0.2, -0.15) is 0 Å². The second-order valence-electron chi connectivity index (χ2n) is 5.77. The van der Waals surface area contributed by atoms with Crippen LogP contribution in [0.15, 0.2) is 23.4 Å². The van der Waals surface area contributed by atoms with Gasteiger partial charge in [-0.1, -0.05) is 6.08 Å². The van der Waals surface area contributed by atoms with Gasteiger partial charge in [0.25, 0.3) is 5.91 Å². The van der Waals surface area contributed by atoms with Gasteiger partial charge in [-0.05, 0) is 30.8 Å². The van der Waals surface area contributed by atoms with Crippen LogP contribution in [0.25, 0.3) is 0 Å². The highest BCUT2D eigenvalue weighted by Crippen LogP contribution is 2.51. The average molecular weight is 262 g/mol. The summed E-state index contributed by atoms with van der Waals surface area (Å²) in [7, 11) is 3.71. The molecule has 1 saturated carbocycles. The van der Waals surface area contributed by atoms with Gasteiger partial charge in [0, 0.05) is 31.8 Å². The third-order valence-corrected chi connectivity index (χ3v) is 4.37. The molecule has 19 heavy (non-hydrogen) atoms. The van der Waals surface area contributed by atoms with E-state index in [-0.39, 0.29) is 17.9 Å². The van der Waals surface area contributed by atoms with Crippen molar-refractivity contribution in [3.05, 3.63) is 23.4 Å². The van der Waals surface area contributed by atoms with Crippen LogP contribution in [0.3, 0.4) is 0 Å². The normalized spacial score (nSPS) is 34.5. The largest absolute Gasteiger partial charge is 0.465 e. The maximum Gasteiger partial charge on any atom is 0.414 e. The molecule has 2 aliphatic carbocycles. The molecule has 1 aliphatic heterocycles. The molecule has 1 heterocycles. The van der Waals surface area contributed by atoms with Crippen LogP contribution in [0.1, 0.15) is 19.3 Å². The van der Waals surface area contributed by atoms with Crippen molar-refractivity contribution in [2.24, 2.45) is 11.8 Å². The Kier molecular flexibility index (Phi) is 2.66. The molecule has 0 bridgehead atoms. The maximum atomic E-state index is 12.3. The summed E-state index contributed by atoms with van der Waals surface area (Å²) in [6, 6.07) is -0.247. The Hall–Kier alpha value is -1.78. The number of imide groups is 1. The van der Waals surface area contributed by atoms with E-state index < -0.39 is 6.09 Å². The molecule has 5 nitrogen and oxygen atoms in total. The first-order valence-electron chi connectivity index (χ1n) is 6.65. The molecule has 0 aromatic rings. The lowest BCUT2D eigenvalue weighted by Gasteiger charge is -2.19. The minimum atomic E-state index is -1.13. The molecule has 3 rings (SSSR count). The van der Waals surface area contributed by atoms with Crippen molar-refractivity contribution in [1.29, 1.82) is 0 Å². The van der Waals surface area contributed by atoms with Gasteiger partial charge < -0.3 is 10.0 Å². The molecule has 3 atom stereocenters. The Labute approximate surface area is 112 Å². The topological polar surface area (TPSA) is 60.9 Å². The van der Waals surface area contributed by atoms with Crippen molar-refractivity contribution < 1.29 is 14.7 Å². The molecule has 0 unspecified atom stereocenters. The Bertz CT molecular complexity index is 507. The number of carbonyl (C=O) groups excluding carboxylic acids is 1. The van der Waals surface area contributed by atoms with E-state index in [2.05, 4.69) is 6.08 Å². The second kappa shape index (κ2) is 4.11. The first-order chi connectivity index (χ1) is 9.00. The Balaban J connectivity index is 2.05. The molecular weight excluding hydrogens is 244 g/mol.